The van der Waals surface area contributed by atoms with Crippen molar-refractivity contribution in [3.8, 4) is 0 Å². The molecule has 104 valence electrons. The highest BCUT2D eigenvalue weighted by molar-refractivity contribution is 6.39. The molecule has 1 aliphatic rings. The van der Waals surface area contributed by atoms with Gasteiger partial charge in [-0.15, -0.1) is 0 Å². The summed E-state index contributed by atoms with van der Waals surface area (Å²) in [4.78, 5) is 11.9. The molecule has 1 unspecified atom stereocenters. The maximum Gasteiger partial charge on any atom is 0.224 e. The van der Waals surface area contributed by atoms with E-state index in [1.54, 1.807) is 18.2 Å². The Bertz CT molecular complexity index is 425. The summed E-state index contributed by atoms with van der Waals surface area (Å²) < 4.78 is 0. The summed E-state index contributed by atoms with van der Waals surface area (Å²) in [6, 6.07) is 5.19. The lowest BCUT2D eigenvalue weighted by Gasteiger charge is -2.22. The molecule has 5 heteroatoms. The van der Waals surface area contributed by atoms with Crippen molar-refractivity contribution in [1.29, 1.82) is 0 Å². The smallest absolute Gasteiger partial charge is 0.224 e. The van der Waals surface area contributed by atoms with Crippen LogP contribution < -0.4 is 10.6 Å². The topological polar surface area (TPSA) is 41.1 Å². The van der Waals surface area contributed by atoms with Gasteiger partial charge in [-0.3, -0.25) is 4.79 Å². The van der Waals surface area contributed by atoms with Crippen LogP contribution in [0.1, 0.15) is 25.7 Å². The third kappa shape index (κ3) is 4.37. The summed E-state index contributed by atoms with van der Waals surface area (Å²) >= 11 is 12.0. The number of halogens is 2. The van der Waals surface area contributed by atoms with Crippen LogP contribution in [0, 0.1) is 5.92 Å². The van der Waals surface area contributed by atoms with Gasteiger partial charge in [-0.25, -0.2) is 0 Å². The van der Waals surface area contributed by atoms with Gasteiger partial charge in [-0.2, -0.15) is 0 Å². The average molecular weight is 301 g/mol. The Labute approximate surface area is 123 Å². The van der Waals surface area contributed by atoms with Gasteiger partial charge in [0, 0.05) is 6.42 Å². The lowest BCUT2D eigenvalue weighted by atomic mass is 9.94. The quantitative estimate of drug-likeness (QED) is 0.890. The maximum absolute atomic E-state index is 11.9. The molecule has 0 aliphatic carbocycles. The summed E-state index contributed by atoms with van der Waals surface area (Å²) in [6.45, 7) is 2.11. The Balaban J connectivity index is 1.83. The van der Waals surface area contributed by atoms with Gasteiger partial charge >= 0.3 is 0 Å². The van der Waals surface area contributed by atoms with Crippen molar-refractivity contribution in [3.05, 3.63) is 28.2 Å². The Morgan fingerprint density at radius 1 is 1.37 bits per heavy atom. The van der Waals surface area contributed by atoms with E-state index in [0.717, 1.165) is 19.5 Å². The zero-order valence-corrected chi connectivity index (χ0v) is 12.2. The largest absolute Gasteiger partial charge is 0.324 e. The van der Waals surface area contributed by atoms with Crippen molar-refractivity contribution in [2.24, 2.45) is 5.92 Å². The molecule has 3 nitrogen and oxygen atoms in total. The normalized spacial score (nSPS) is 19.2. The first-order valence-corrected chi connectivity index (χ1v) is 7.37. The van der Waals surface area contributed by atoms with E-state index in [9.17, 15) is 4.79 Å². The number of para-hydroxylation sites is 1. The van der Waals surface area contributed by atoms with Gasteiger partial charge in [-0.05, 0) is 50.4 Å². The second kappa shape index (κ2) is 7.13. The van der Waals surface area contributed by atoms with Gasteiger partial charge in [0.25, 0.3) is 0 Å². The predicted octanol–water partition coefficient (Wildman–Crippen LogP) is 3.71. The zero-order valence-electron chi connectivity index (χ0n) is 10.7. The fraction of sp³-hybridized carbons (Fsp3) is 0.500. The molecule has 1 aromatic rings. The number of hydrogen-bond donors (Lipinski definition) is 2. The number of nitrogens with one attached hydrogen (secondary N) is 2. The third-order valence-electron chi connectivity index (χ3n) is 3.41. The zero-order chi connectivity index (χ0) is 13.7. The molecular weight excluding hydrogens is 283 g/mol. The van der Waals surface area contributed by atoms with Crippen molar-refractivity contribution in [1.82, 2.24) is 5.32 Å². The summed E-state index contributed by atoms with van der Waals surface area (Å²) in [5.74, 6) is 0.571. The Hall–Kier alpha value is -0.770. The van der Waals surface area contributed by atoms with E-state index in [-0.39, 0.29) is 5.91 Å². The summed E-state index contributed by atoms with van der Waals surface area (Å²) in [5, 5.41) is 7.09. The number of piperidine rings is 1. The Kier molecular flexibility index (Phi) is 5.49. The number of amides is 1. The van der Waals surface area contributed by atoms with Crippen LogP contribution in [0.15, 0.2) is 18.2 Å². The minimum atomic E-state index is -0.0272. The number of carbonyl (C=O) groups excluding carboxylic acids is 1. The molecule has 1 aromatic carbocycles. The van der Waals surface area contributed by atoms with Gasteiger partial charge in [0.15, 0.2) is 0 Å². The van der Waals surface area contributed by atoms with Crippen LogP contribution in [0.4, 0.5) is 5.69 Å². The molecule has 1 atom stereocenters. The molecule has 2 N–H and O–H groups in total. The molecule has 1 heterocycles. The molecule has 1 saturated heterocycles. The van der Waals surface area contributed by atoms with Crippen LogP contribution in [0.25, 0.3) is 0 Å². The van der Waals surface area contributed by atoms with Crippen LogP contribution in [-0.4, -0.2) is 19.0 Å². The molecule has 1 aliphatic heterocycles. The first-order valence-electron chi connectivity index (χ1n) is 6.61. The molecule has 2 rings (SSSR count). The SMILES string of the molecule is O=C(CCC1CCCNC1)Nc1c(Cl)cccc1Cl. The fourth-order valence-electron chi connectivity index (χ4n) is 2.32. The second-order valence-electron chi connectivity index (χ2n) is 4.90. The highest BCUT2D eigenvalue weighted by atomic mass is 35.5. The van der Waals surface area contributed by atoms with Gasteiger partial charge in [0.05, 0.1) is 15.7 Å². The Morgan fingerprint density at radius 3 is 2.74 bits per heavy atom. The number of hydrogen-bond acceptors (Lipinski definition) is 2. The van der Waals surface area contributed by atoms with E-state index in [1.807, 2.05) is 0 Å². The highest BCUT2D eigenvalue weighted by Crippen LogP contribution is 2.30. The van der Waals surface area contributed by atoms with Crippen LogP contribution in [0.5, 0.6) is 0 Å². The van der Waals surface area contributed by atoms with Crippen molar-refractivity contribution < 1.29 is 4.79 Å². The summed E-state index contributed by atoms with van der Waals surface area (Å²) in [5.41, 5.74) is 0.512. The van der Waals surface area contributed by atoms with Gasteiger partial charge in [0.2, 0.25) is 5.91 Å². The molecule has 0 aromatic heterocycles. The fourth-order valence-corrected chi connectivity index (χ4v) is 2.82. The summed E-state index contributed by atoms with van der Waals surface area (Å²) in [6.07, 6.45) is 3.81. The molecule has 1 fully saturated rings. The van der Waals surface area contributed by atoms with Crippen LogP contribution in [0.3, 0.4) is 0 Å². The lowest BCUT2D eigenvalue weighted by molar-refractivity contribution is -0.116. The molecule has 1 amide bonds. The predicted molar refractivity (Wildman–Crippen MR) is 79.9 cm³/mol. The number of rotatable bonds is 4. The van der Waals surface area contributed by atoms with Gasteiger partial charge < -0.3 is 10.6 Å². The van der Waals surface area contributed by atoms with Crippen molar-refractivity contribution in [3.63, 3.8) is 0 Å². The van der Waals surface area contributed by atoms with E-state index in [0.29, 0.717) is 28.1 Å². The second-order valence-corrected chi connectivity index (χ2v) is 5.71. The van der Waals surface area contributed by atoms with Crippen molar-refractivity contribution >= 4 is 34.8 Å². The number of benzene rings is 1. The maximum atomic E-state index is 11.9. The van der Waals surface area contributed by atoms with Crippen LogP contribution in [0.2, 0.25) is 10.0 Å². The Morgan fingerprint density at radius 2 is 2.11 bits per heavy atom. The average Bonchev–Trinajstić information content (AvgIpc) is 2.42. The van der Waals surface area contributed by atoms with Crippen LogP contribution >= 0.6 is 23.2 Å². The minimum absolute atomic E-state index is 0.0272. The first kappa shape index (κ1) is 14.6. The summed E-state index contributed by atoms with van der Waals surface area (Å²) in [7, 11) is 0. The standard InChI is InChI=1S/C14H18Cl2N2O/c15-11-4-1-5-12(16)14(11)18-13(19)7-6-10-3-2-8-17-9-10/h1,4-5,10,17H,2-3,6-9H2,(H,18,19). The molecule has 0 saturated carbocycles. The van der Waals surface area contributed by atoms with Gasteiger partial charge in [-0.1, -0.05) is 29.3 Å². The van der Waals surface area contributed by atoms with E-state index in [4.69, 9.17) is 23.2 Å². The van der Waals surface area contributed by atoms with E-state index in [2.05, 4.69) is 10.6 Å². The molecule has 19 heavy (non-hydrogen) atoms. The third-order valence-corrected chi connectivity index (χ3v) is 4.04. The van der Waals surface area contributed by atoms with Crippen LogP contribution in [-0.2, 0) is 4.79 Å². The number of carbonyl (C=O) groups is 1. The lowest BCUT2D eigenvalue weighted by Crippen LogP contribution is -2.30. The van der Waals surface area contributed by atoms with E-state index >= 15 is 0 Å². The first-order chi connectivity index (χ1) is 9.16. The van der Waals surface area contributed by atoms with Crippen molar-refractivity contribution in [2.45, 2.75) is 25.7 Å². The van der Waals surface area contributed by atoms with E-state index < -0.39 is 0 Å². The monoisotopic (exact) mass is 300 g/mol. The van der Waals surface area contributed by atoms with E-state index in [1.165, 1.54) is 12.8 Å². The molecule has 0 radical (unpaired) electrons. The molecular formula is C14H18Cl2N2O. The van der Waals surface area contributed by atoms with Gasteiger partial charge in [0.1, 0.15) is 0 Å². The van der Waals surface area contributed by atoms with Crippen molar-refractivity contribution in [2.75, 3.05) is 18.4 Å². The number of anilines is 1. The highest BCUT2D eigenvalue weighted by Gasteiger charge is 2.15. The molecule has 0 spiro atoms. The molecule has 0 bridgehead atoms. The minimum Gasteiger partial charge on any atom is -0.324 e.